The van der Waals surface area contributed by atoms with E-state index in [9.17, 15) is 9.59 Å². The Morgan fingerprint density at radius 3 is 2.43 bits per heavy atom. The molecule has 1 amide bonds. The Labute approximate surface area is 181 Å². The summed E-state index contributed by atoms with van der Waals surface area (Å²) in [5.74, 6) is 0. The molecule has 1 aliphatic rings. The molecule has 158 valence electrons. The van der Waals surface area contributed by atoms with Crippen LogP contribution in [0.15, 0.2) is 47.3 Å². The fourth-order valence-electron chi connectivity index (χ4n) is 2.89. The van der Waals surface area contributed by atoms with E-state index >= 15 is 0 Å². The molecule has 30 heavy (non-hydrogen) atoms. The maximum absolute atomic E-state index is 12.2. The second-order valence-corrected chi connectivity index (χ2v) is 9.03. The normalized spacial score (nSPS) is 17.6. The number of alkyl carbamates (subject to hydrolysis) is 1. The quantitative estimate of drug-likeness (QED) is 0.520. The van der Waals surface area contributed by atoms with Crippen LogP contribution in [0.3, 0.4) is 0 Å². The van der Waals surface area contributed by atoms with E-state index in [2.05, 4.69) is 5.32 Å². The molecular formula is C22H26BNO5S. The van der Waals surface area contributed by atoms with Crippen LogP contribution in [0.1, 0.15) is 48.5 Å². The molecule has 8 heteroatoms. The van der Waals surface area contributed by atoms with Crippen molar-refractivity contribution in [2.24, 2.45) is 0 Å². The van der Waals surface area contributed by atoms with Crippen LogP contribution in [0.25, 0.3) is 6.08 Å². The predicted octanol–water partition coefficient (Wildman–Crippen LogP) is 4.50. The first kappa shape index (κ1) is 22.3. The van der Waals surface area contributed by atoms with Crippen LogP contribution in [-0.4, -0.2) is 37.2 Å². The summed E-state index contributed by atoms with van der Waals surface area (Å²) in [5.41, 5.74) is 1.33. The van der Waals surface area contributed by atoms with Gasteiger partial charge in [0.05, 0.1) is 16.1 Å². The number of benzene rings is 1. The molecule has 0 unspecified atom stereocenters. The van der Waals surface area contributed by atoms with Gasteiger partial charge >= 0.3 is 13.2 Å². The lowest BCUT2D eigenvalue weighted by atomic mass is 9.77. The summed E-state index contributed by atoms with van der Waals surface area (Å²) >= 11 is 1.36. The first-order valence-corrected chi connectivity index (χ1v) is 10.6. The summed E-state index contributed by atoms with van der Waals surface area (Å²) in [6.07, 6.45) is 2.11. The Hall–Kier alpha value is -2.42. The van der Waals surface area contributed by atoms with E-state index < -0.39 is 24.4 Å². The zero-order valence-corrected chi connectivity index (χ0v) is 18.5. The van der Waals surface area contributed by atoms with Gasteiger partial charge < -0.3 is 19.4 Å². The van der Waals surface area contributed by atoms with Gasteiger partial charge in [-0.1, -0.05) is 36.4 Å². The molecule has 1 fully saturated rings. The topological polar surface area (TPSA) is 73.9 Å². The van der Waals surface area contributed by atoms with Crippen LogP contribution in [-0.2, 0) is 20.7 Å². The molecule has 1 aromatic heterocycles. The summed E-state index contributed by atoms with van der Waals surface area (Å²) in [7, 11) is -0.649. The van der Waals surface area contributed by atoms with Gasteiger partial charge in [0.2, 0.25) is 0 Å². The van der Waals surface area contributed by atoms with E-state index in [1.807, 2.05) is 75.5 Å². The van der Waals surface area contributed by atoms with Crippen molar-refractivity contribution >= 4 is 36.9 Å². The fraction of sp³-hybridized carbons (Fsp3) is 0.364. The highest BCUT2D eigenvalue weighted by atomic mass is 32.1. The highest BCUT2D eigenvalue weighted by Gasteiger charge is 2.52. The standard InChI is InChI=1S/C22H26BNO5S/c1-21(2)22(3,4)29-23(28-21)18(12-17-10-11-30-19(17)14-25)13-24-20(26)27-15-16-8-6-5-7-9-16/h5-12,14H,13,15H2,1-4H3,(H,24,26). The van der Waals surface area contributed by atoms with Crippen molar-refractivity contribution < 1.29 is 23.6 Å². The molecule has 0 radical (unpaired) electrons. The summed E-state index contributed by atoms with van der Waals surface area (Å²) < 4.78 is 17.6. The van der Waals surface area contributed by atoms with Gasteiger partial charge in [-0.15, -0.1) is 11.3 Å². The smallest absolute Gasteiger partial charge is 0.445 e. The largest absolute Gasteiger partial charge is 0.492 e. The lowest BCUT2D eigenvalue weighted by Gasteiger charge is -2.32. The fourth-order valence-corrected chi connectivity index (χ4v) is 3.57. The highest BCUT2D eigenvalue weighted by Crippen LogP contribution is 2.39. The Bertz CT molecular complexity index is 907. The molecule has 0 aliphatic carbocycles. The third-order valence-corrected chi connectivity index (χ3v) is 6.24. The SMILES string of the molecule is CC1(C)OB(C(=Cc2ccsc2C=O)CNC(=O)OCc2ccccc2)OC1(C)C. The van der Waals surface area contributed by atoms with Crippen LogP contribution in [0, 0.1) is 0 Å². The van der Waals surface area contributed by atoms with E-state index in [0.29, 0.717) is 10.3 Å². The van der Waals surface area contributed by atoms with Crippen molar-refractivity contribution in [3.63, 3.8) is 0 Å². The Morgan fingerprint density at radius 1 is 1.13 bits per heavy atom. The van der Waals surface area contributed by atoms with Gasteiger partial charge in [0, 0.05) is 6.54 Å². The van der Waals surface area contributed by atoms with Gasteiger partial charge in [0.15, 0.2) is 6.29 Å². The number of hydrogen-bond acceptors (Lipinski definition) is 6. The number of hydrogen-bond donors (Lipinski definition) is 1. The molecule has 1 saturated heterocycles. The molecule has 1 N–H and O–H groups in total. The van der Waals surface area contributed by atoms with E-state index in [4.69, 9.17) is 14.0 Å². The predicted molar refractivity (Wildman–Crippen MR) is 118 cm³/mol. The molecule has 0 saturated carbocycles. The van der Waals surface area contributed by atoms with Gasteiger partial charge in [0.1, 0.15) is 6.61 Å². The Kier molecular flexibility index (Phi) is 6.80. The van der Waals surface area contributed by atoms with Crippen LogP contribution in [0.5, 0.6) is 0 Å². The minimum atomic E-state index is -0.649. The summed E-state index contributed by atoms with van der Waals surface area (Å²) in [4.78, 5) is 24.1. The second kappa shape index (κ2) is 9.16. The highest BCUT2D eigenvalue weighted by molar-refractivity contribution is 7.12. The zero-order valence-electron chi connectivity index (χ0n) is 17.6. The molecule has 0 atom stereocenters. The molecule has 6 nitrogen and oxygen atoms in total. The number of ether oxygens (including phenoxy) is 1. The van der Waals surface area contributed by atoms with Crippen LogP contribution in [0.2, 0.25) is 0 Å². The van der Waals surface area contributed by atoms with Crippen LogP contribution >= 0.6 is 11.3 Å². The average Bonchev–Trinajstić information content (AvgIpc) is 3.24. The Balaban J connectivity index is 1.72. The van der Waals surface area contributed by atoms with Gasteiger partial charge in [-0.25, -0.2) is 4.79 Å². The van der Waals surface area contributed by atoms with E-state index in [1.165, 1.54) is 11.3 Å². The maximum atomic E-state index is 12.2. The van der Waals surface area contributed by atoms with Gasteiger partial charge in [-0.3, -0.25) is 4.79 Å². The third kappa shape index (κ3) is 5.19. The van der Waals surface area contributed by atoms with Crippen molar-refractivity contribution in [1.82, 2.24) is 5.32 Å². The molecule has 1 aromatic carbocycles. The maximum Gasteiger partial charge on any atom is 0.492 e. The monoisotopic (exact) mass is 427 g/mol. The first-order valence-electron chi connectivity index (χ1n) is 9.75. The molecule has 1 aliphatic heterocycles. The van der Waals surface area contributed by atoms with Gasteiger partial charge in [-0.05, 0) is 55.7 Å². The number of carbonyl (C=O) groups excluding carboxylic acids is 2. The second-order valence-electron chi connectivity index (χ2n) is 8.08. The molecular weight excluding hydrogens is 401 g/mol. The minimum Gasteiger partial charge on any atom is -0.445 e. The minimum absolute atomic E-state index is 0.165. The Morgan fingerprint density at radius 2 is 1.80 bits per heavy atom. The van der Waals surface area contributed by atoms with Gasteiger partial charge in [-0.2, -0.15) is 0 Å². The summed E-state index contributed by atoms with van der Waals surface area (Å²) in [6, 6.07) is 11.3. The third-order valence-electron chi connectivity index (χ3n) is 5.38. The van der Waals surface area contributed by atoms with Crippen molar-refractivity contribution in [3.8, 4) is 0 Å². The number of carbonyl (C=O) groups is 2. The number of nitrogens with one attached hydrogen (secondary N) is 1. The molecule has 2 heterocycles. The van der Waals surface area contributed by atoms with E-state index in [0.717, 1.165) is 17.4 Å². The van der Waals surface area contributed by atoms with Crippen molar-refractivity contribution in [3.05, 3.63) is 63.3 Å². The summed E-state index contributed by atoms with van der Waals surface area (Å²) in [5, 5.41) is 4.61. The number of aldehydes is 1. The van der Waals surface area contributed by atoms with Crippen LogP contribution < -0.4 is 5.32 Å². The van der Waals surface area contributed by atoms with Crippen molar-refractivity contribution in [2.45, 2.75) is 45.5 Å². The number of amides is 1. The molecule has 0 bridgehead atoms. The number of rotatable bonds is 7. The van der Waals surface area contributed by atoms with E-state index in [-0.39, 0.29) is 13.2 Å². The molecule has 2 aromatic rings. The number of thiophene rings is 1. The van der Waals surface area contributed by atoms with Crippen molar-refractivity contribution in [2.75, 3.05) is 6.54 Å². The summed E-state index contributed by atoms with van der Waals surface area (Å²) in [6.45, 7) is 8.21. The van der Waals surface area contributed by atoms with Crippen molar-refractivity contribution in [1.29, 1.82) is 0 Å². The van der Waals surface area contributed by atoms with Crippen LogP contribution in [0.4, 0.5) is 4.79 Å². The lowest BCUT2D eigenvalue weighted by Crippen LogP contribution is -2.41. The molecule has 3 rings (SSSR count). The first-order chi connectivity index (χ1) is 14.2. The van der Waals surface area contributed by atoms with E-state index in [1.54, 1.807) is 0 Å². The van der Waals surface area contributed by atoms with Gasteiger partial charge in [0.25, 0.3) is 0 Å². The lowest BCUT2D eigenvalue weighted by molar-refractivity contribution is 0.00578. The average molecular weight is 427 g/mol. The molecule has 0 spiro atoms. The zero-order chi connectivity index (χ0) is 21.8.